The number of thiophene rings is 1. The van der Waals surface area contributed by atoms with Gasteiger partial charge in [0.05, 0.1) is 13.0 Å². The lowest BCUT2D eigenvalue weighted by Crippen LogP contribution is -2.25. The summed E-state index contributed by atoms with van der Waals surface area (Å²) in [6, 6.07) is 11.8. The van der Waals surface area contributed by atoms with Crippen molar-refractivity contribution in [3.8, 4) is 0 Å². The molecule has 0 unspecified atom stereocenters. The number of rotatable bonds is 6. The number of aliphatic carboxylic acids is 1. The normalized spacial score (nSPS) is 10.5. The fraction of sp³-hybridized carbons (Fsp3) is 0.214. The van der Waals surface area contributed by atoms with E-state index in [0.717, 1.165) is 15.0 Å². The molecule has 1 aromatic carbocycles. The molecular formula is C14H13BrClNO2S. The number of hydrogen-bond acceptors (Lipinski definition) is 3. The second kappa shape index (κ2) is 7.11. The summed E-state index contributed by atoms with van der Waals surface area (Å²) in [6.45, 7) is 1.11. The van der Waals surface area contributed by atoms with E-state index in [1.807, 2.05) is 41.3 Å². The van der Waals surface area contributed by atoms with Crippen LogP contribution in [0.3, 0.4) is 0 Å². The number of carboxylic acids is 1. The molecule has 0 saturated heterocycles. The van der Waals surface area contributed by atoms with E-state index in [1.165, 1.54) is 11.3 Å². The van der Waals surface area contributed by atoms with Crippen LogP contribution in [0.1, 0.15) is 11.3 Å². The Hall–Kier alpha value is -1.04. The molecule has 0 aliphatic rings. The van der Waals surface area contributed by atoms with Crippen molar-refractivity contribution in [2.24, 2.45) is 0 Å². The standard InChI is InChI=1S/C14H13BrClNO2S/c15-12-8-11(20-14(12)16)9-17(7-6-13(18)19)10-4-2-1-3-5-10/h1-5,8H,6-7,9H2,(H,18,19). The summed E-state index contributed by atoms with van der Waals surface area (Å²) in [7, 11) is 0. The maximum Gasteiger partial charge on any atom is 0.305 e. The van der Waals surface area contributed by atoms with Gasteiger partial charge >= 0.3 is 5.97 Å². The van der Waals surface area contributed by atoms with E-state index in [2.05, 4.69) is 15.9 Å². The summed E-state index contributed by atoms with van der Waals surface area (Å²) in [4.78, 5) is 13.9. The van der Waals surface area contributed by atoms with Gasteiger partial charge < -0.3 is 10.0 Å². The molecular weight excluding hydrogens is 362 g/mol. The van der Waals surface area contributed by atoms with Gasteiger partial charge in [0.2, 0.25) is 0 Å². The smallest absolute Gasteiger partial charge is 0.305 e. The molecule has 1 aromatic heterocycles. The average molecular weight is 375 g/mol. The van der Waals surface area contributed by atoms with Crippen LogP contribution in [0.15, 0.2) is 40.9 Å². The Labute approximate surface area is 134 Å². The molecule has 0 fully saturated rings. The zero-order valence-corrected chi connectivity index (χ0v) is 13.7. The number of hydrogen-bond donors (Lipinski definition) is 1. The van der Waals surface area contributed by atoms with Crippen molar-refractivity contribution >= 4 is 50.5 Å². The molecule has 6 heteroatoms. The number of para-hydroxylation sites is 1. The molecule has 20 heavy (non-hydrogen) atoms. The van der Waals surface area contributed by atoms with E-state index < -0.39 is 5.97 Å². The van der Waals surface area contributed by atoms with Crippen LogP contribution in [-0.4, -0.2) is 17.6 Å². The second-order valence-electron chi connectivity index (χ2n) is 4.24. The van der Waals surface area contributed by atoms with Crippen LogP contribution in [0.5, 0.6) is 0 Å². The van der Waals surface area contributed by atoms with Gasteiger partial charge in [-0.2, -0.15) is 0 Å². The van der Waals surface area contributed by atoms with Crippen molar-refractivity contribution in [3.63, 3.8) is 0 Å². The van der Waals surface area contributed by atoms with E-state index in [1.54, 1.807) is 0 Å². The number of nitrogens with zero attached hydrogens (tertiary/aromatic N) is 1. The largest absolute Gasteiger partial charge is 0.481 e. The van der Waals surface area contributed by atoms with Crippen LogP contribution in [0.25, 0.3) is 0 Å². The minimum Gasteiger partial charge on any atom is -0.481 e. The lowest BCUT2D eigenvalue weighted by atomic mass is 10.2. The Morgan fingerprint density at radius 1 is 1.35 bits per heavy atom. The Morgan fingerprint density at radius 2 is 2.05 bits per heavy atom. The van der Waals surface area contributed by atoms with Gasteiger partial charge in [0.1, 0.15) is 4.34 Å². The predicted octanol–water partition coefficient (Wildman–Crippen LogP) is 4.65. The fourth-order valence-corrected chi connectivity index (χ4v) is 3.63. The van der Waals surface area contributed by atoms with Crippen molar-refractivity contribution < 1.29 is 9.90 Å². The zero-order valence-electron chi connectivity index (χ0n) is 10.6. The molecule has 0 aliphatic carbocycles. The van der Waals surface area contributed by atoms with Gasteiger partial charge in [-0.25, -0.2) is 0 Å². The van der Waals surface area contributed by atoms with Gasteiger partial charge in [-0.3, -0.25) is 4.79 Å². The summed E-state index contributed by atoms with van der Waals surface area (Å²) < 4.78 is 1.59. The highest BCUT2D eigenvalue weighted by atomic mass is 79.9. The third-order valence-electron chi connectivity index (χ3n) is 2.76. The third kappa shape index (κ3) is 4.23. The summed E-state index contributed by atoms with van der Waals surface area (Å²) in [5, 5.41) is 8.87. The van der Waals surface area contributed by atoms with Crippen molar-refractivity contribution in [2.45, 2.75) is 13.0 Å². The van der Waals surface area contributed by atoms with E-state index in [-0.39, 0.29) is 6.42 Å². The number of carbonyl (C=O) groups is 1. The van der Waals surface area contributed by atoms with Crippen molar-refractivity contribution in [2.75, 3.05) is 11.4 Å². The highest BCUT2D eigenvalue weighted by molar-refractivity contribution is 9.10. The fourth-order valence-electron chi connectivity index (χ4n) is 1.83. The zero-order chi connectivity index (χ0) is 14.5. The molecule has 2 aromatic rings. The Balaban J connectivity index is 2.16. The quantitative estimate of drug-likeness (QED) is 0.800. The first-order valence-electron chi connectivity index (χ1n) is 6.02. The molecule has 0 radical (unpaired) electrons. The lowest BCUT2D eigenvalue weighted by molar-refractivity contribution is -0.136. The highest BCUT2D eigenvalue weighted by Gasteiger charge is 2.12. The van der Waals surface area contributed by atoms with Crippen LogP contribution in [0.4, 0.5) is 5.69 Å². The third-order valence-corrected chi connectivity index (χ3v) is 5.22. The molecule has 2 rings (SSSR count). The van der Waals surface area contributed by atoms with Crippen molar-refractivity contribution in [1.82, 2.24) is 0 Å². The van der Waals surface area contributed by atoms with Gasteiger partial charge in [0.25, 0.3) is 0 Å². The molecule has 3 nitrogen and oxygen atoms in total. The Morgan fingerprint density at radius 3 is 2.60 bits per heavy atom. The molecule has 0 aliphatic heterocycles. The average Bonchev–Trinajstić information content (AvgIpc) is 2.74. The molecule has 0 spiro atoms. The SMILES string of the molecule is O=C(O)CCN(Cc1cc(Br)c(Cl)s1)c1ccccc1. The predicted molar refractivity (Wildman–Crippen MR) is 86.8 cm³/mol. The van der Waals surface area contributed by atoms with Gasteiger partial charge in [-0.05, 0) is 34.1 Å². The van der Waals surface area contributed by atoms with Crippen molar-refractivity contribution in [1.29, 1.82) is 0 Å². The van der Waals surface area contributed by atoms with E-state index in [4.69, 9.17) is 16.7 Å². The van der Waals surface area contributed by atoms with Crippen LogP contribution in [-0.2, 0) is 11.3 Å². The van der Waals surface area contributed by atoms with Crippen LogP contribution in [0, 0.1) is 0 Å². The molecule has 0 amide bonds. The topological polar surface area (TPSA) is 40.5 Å². The van der Waals surface area contributed by atoms with Crippen LogP contribution >= 0.6 is 38.9 Å². The highest BCUT2D eigenvalue weighted by Crippen LogP contribution is 2.33. The Bertz CT molecular complexity index is 569. The maximum absolute atomic E-state index is 10.8. The van der Waals surface area contributed by atoms with Crippen LogP contribution in [0.2, 0.25) is 4.34 Å². The maximum atomic E-state index is 10.8. The molecule has 106 valence electrons. The minimum absolute atomic E-state index is 0.106. The van der Waals surface area contributed by atoms with Gasteiger partial charge in [0.15, 0.2) is 0 Å². The molecule has 0 bridgehead atoms. The first-order chi connectivity index (χ1) is 9.56. The monoisotopic (exact) mass is 373 g/mol. The number of carboxylic acid groups (broad SMARTS) is 1. The van der Waals surface area contributed by atoms with E-state index in [0.29, 0.717) is 17.4 Å². The summed E-state index contributed by atoms with van der Waals surface area (Å²) in [5.74, 6) is -0.795. The molecule has 1 N–H and O–H groups in total. The number of benzene rings is 1. The van der Waals surface area contributed by atoms with Crippen molar-refractivity contribution in [3.05, 3.63) is 50.1 Å². The van der Waals surface area contributed by atoms with Crippen LogP contribution < -0.4 is 4.90 Å². The minimum atomic E-state index is -0.795. The number of halogens is 2. The van der Waals surface area contributed by atoms with Gasteiger partial charge in [-0.15, -0.1) is 11.3 Å². The van der Waals surface area contributed by atoms with E-state index >= 15 is 0 Å². The molecule has 1 heterocycles. The van der Waals surface area contributed by atoms with E-state index in [9.17, 15) is 4.79 Å². The van der Waals surface area contributed by atoms with Gasteiger partial charge in [0, 0.05) is 21.6 Å². The molecule has 0 atom stereocenters. The summed E-state index contributed by atoms with van der Waals surface area (Å²) in [5.41, 5.74) is 1.01. The number of anilines is 1. The van der Waals surface area contributed by atoms with Gasteiger partial charge in [-0.1, -0.05) is 29.8 Å². The first-order valence-corrected chi connectivity index (χ1v) is 8.00. The second-order valence-corrected chi connectivity index (χ2v) is 6.83. The lowest BCUT2D eigenvalue weighted by Gasteiger charge is -2.23. The first kappa shape index (κ1) is 15.4. The summed E-state index contributed by atoms with van der Waals surface area (Å²) >= 11 is 10.9. The summed E-state index contributed by atoms with van der Waals surface area (Å²) in [6.07, 6.45) is 0.106. The Kier molecular flexibility index (Phi) is 5.46. The molecule has 0 saturated carbocycles.